The lowest BCUT2D eigenvalue weighted by molar-refractivity contribution is -0.394. The zero-order valence-corrected chi connectivity index (χ0v) is 18.8. The van der Waals surface area contributed by atoms with Crippen LogP contribution in [0.4, 0.5) is 11.4 Å². The molecule has 0 spiro atoms. The quantitative estimate of drug-likeness (QED) is 0.185. The molecule has 1 heterocycles. The first-order valence-corrected chi connectivity index (χ1v) is 11.1. The van der Waals surface area contributed by atoms with E-state index in [0.29, 0.717) is 22.3 Å². The molecule has 0 bridgehead atoms. The lowest BCUT2D eigenvalue weighted by atomic mass is 10.1. The van der Waals surface area contributed by atoms with Gasteiger partial charge in [0.05, 0.1) is 29.6 Å². The second-order valence-corrected chi connectivity index (χ2v) is 8.21. The summed E-state index contributed by atoms with van der Waals surface area (Å²) in [5, 5.41) is 31.9. The topological polar surface area (TPSA) is 126 Å². The Morgan fingerprint density at radius 1 is 0.882 bits per heavy atom. The van der Waals surface area contributed by atoms with Crippen molar-refractivity contribution in [1.82, 2.24) is 14.8 Å². The van der Waals surface area contributed by atoms with Crippen LogP contribution in [0, 0.1) is 20.2 Å². The Morgan fingerprint density at radius 3 is 2.12 bits per heavy atom. The number of nitro benzene ring substituents is 2. The Hall–Kier alpha value is -4.25. The molecule has 0 aliphatic heterocycles. The minimum absolute atomic E-state index is 0.130. The summed E-state index contributed by atoms with van der Waals surface area (Å²) in [6.07, 6.45) is 0. The van der Waals surface area contributed by atoms with Gasteiger partial charge < -0.3 is 4.74 Å². The first kappa shape index (κ1) is 22.9. The molecule has 0 radical (unpaired) electrons. The number of hydrogen-bond acceptors (Lipinski definition) is 8. The van der Waals surface area contributed by atoms with Gasteiger partial charge in [0, 0.05) is 23.4 Å². The van der Waals surface area contributed by atoms with Gasteiger partial charge in [-0.1, -0.05) is 54.2 Å². The van der Waals surface area contributed by atoms with Gasteiger partial charge in [0.25, 0.3) is 11.4 Å². The molecule has 11 heteroatoms. The van der Waals surface area contributed by atoms with Gasteiger partial charge >= 0.3 is 0 Å². The number of ether oxygens (including phenoxy) is 1. The molecular weight excluding hydrogens is 458 g/mol. The summed E-state index contributed by atoms with van der Waals surface area (Å²) in [5.74, 6) is 1.92. The summed E-state index contributed by atoms with van der Waals surface area (Å²) in [7, 11) is 1.61. The number of nitro groups is 2. The maximum absolute atomic E-state index is 11.3. The number of hydrogen-bond donors (Lipinski definition) is 0. The van der Waals surface area contributed by atoms with Crippen LogP contribution in [0.3, 0.4) is 0 Å². The average molecular weight is 478 g/mol. The number of aromatic nitrogens is 3. The van der Waals surface area contributed by atoms with E-state index in [0.717, 1.165) is 22.9 Å². The Labute approximate surface area is 198 Å². The second-order valence-electron chi connectivity index (χ2n) is 7.27. The van der Waals surface area contributed by atoms with Crippen LogP contribution in [0.2, 0.25) is 0 Å². The fraction of sp³-hybridized carbons (Fsp3) is 0.130. The van der Waals surface area contributed by atoms with E-state index in [-0.39, 0.29) is 17.9 Å². The first-order valence-electron chi connectivity index (χ1n) is 10.1. The monoisotopic (exact) mass is 477 g/mol. The third-order valence-corrected chi connectivity index (χ3v) is 6.04. The van der Waals surface area contributed by atoms with E-state index in [1.54, 1.807) is 7.11 Å². The third-order valence-electron chi connectivity index (χ3n) is 5.00. The van der Waals surface area contributed by atoms with E-state index >= 15 is 0 Å². The molecular formula is C23H19N5O5S. The second kappa shape index (κ2) is 10.1. The van der Waals surface area contributed by atoms with E-state index in [2.05, 4.69) is 10.2 Å². The molecule has 0 atom stereocenters. The van der Waals surface area contributed by atoms with Gasteiger partial charge in [-0.15, -0.1) is 10.2 Å². The normalized spacial score (nSPS) is 10.7. The van der Waals surface area contributed by atoms with Gasteiger partial charge in [0.2, 0.25) is 0 Å². The maximum Gasteiger partial charge on any atom is 0.276 e. The number of methoxy groups -OCH3 is 1. The maximum atomic E-state index is 11.3. The summed E-state index contributed by atoms with van der Waals surface area (Å²) in [6, 6.07) is 20.7. The highest BCUT2D eigenvalue weighted by atomic mass is 32.2. The average Bonchev–Trinajstić information content (AvgIpc) is 3.25. The number of thioether (sulfide) groups is 1. The molecule has 0 saturated heterocycles. The van der Waals surface area contributed by atoms with E-state index in [9.17, 15) is 20.2 Å². The molecule has 34 heavy (non-hydrogen) atoms. The molecule has 172 valence electrons. The highest BCUT2D eigenvalue weighted by Crippen LogP contribution is 2.30. The number of benzene rings is 3. The molecule has 1 aromatic heterocycles. The van der Waals surface area contributed by atoms with Crippen LogP contribution in [0.5, 0.6) is 5.75 Å². The Bertz CT molecular complexity index is 1290. The number of rotatable bonds is 9. The van der Waals surface area contributed by atoms with Crippen molar-refractivity contribution in [1.29, 1.82) is 0 Å². The molecule has 0 unspecified atom stereocenters. The summed E-state index contributed by atoms with van der Waals surface area (Å²) in [6.45, 7) is 0.130. The van der Waals surface area contributed by atoms with Crippen LogP contribution >= 0.6 is 11.8 Å². The predicted molar refractivity (Wildman–Crippen MR) is 127 cm³/mol. The Kier molecular flexibility index (Phi) is 6.83. The first-order chi connectivity index (χ1) is 16.4. The molecule has 0 aliphatic rings. The Morgan fingerprint density at radius 2 is 1.53 bits per heavy atom. The number of nitrogens with zero attached hydrogens (tertiary/aromatic N) is 5. The van der Waals surface area contributed by atoms with E-state index in [1.807, 2.05) is 59.2 Å². The molecule has 0 amide bonds. The van der Waals surface area contributed by atoms with E-state index in [4.69, 9.17) is 4.74 Å². The molecule has 4 rings (SSSR count). The van der Waals surface area contributed by atoms with Crippen LogP contribution in [0.25, 0.3) is 11.4 Å². The molecule has 4 aromatic rings. The van der Waals surface area contributed by atoms with Gasteiger partial charge in [-0.2, -0.15) is 0 Å². The highest BCUT2D eigenvalue weighted by molar-refractivity contribution is 7.98. The van der Waals surface area contributed by atoms with Gasteiger partial charge in [-0.3, -0.25) is 24.8 Å². The van der Waals surface area contributed by atoms with Crippen molar-refractivity contribution >= 4 is 23.1 Å². The fourth-order valence-electron chi connectivity index (χ4n) is 3.35. The molecule has 0 aliphatic carbocycles. The summed E-state index contributed by atoms with van der Waals surface area (Å²) < 4.78 is 7.01. The standard InChI is InChI=1S/C23H19N5O5S/c1-33-21-9-7-16(8-10-21)15-34-23-25-24-22(18-5-3-2-4-6-18)26(23)14-17-11-19(27(29)30)13-20(12-17)28(31)32/h2-13H,14-15H2,1H3. The van der Waals surface area contributed by atoms with Crippen LogP contribution in [-0.2, 0) is 12.3 Å². The molecule has 0 N–H and O–H groups in total. The minimum Gasteiger partial charge on any atom is -0.497 e. The summed E-state index contributed by atoms with van der Waals surface area (Å²) >= 11 is 1.45. The van der Waals surface area contributed by atoms with E-state index < -0.39 is 9.85 Å². The zero-order chi connectivity index (χ0) is 24.1. The highest BCUT2D eigenvalue weighted by Gasteiger charge is 2.20. The predicted octanol–water partition coefficient (Wildman–Crippen LogP) is 5.11. The molecule has 0 fully saturated rings. The van der Waals surface area contributed by atoms with Crippen LogP contribution < -0.4 is 4.74 Å². The number of non-ortho nitro benzene ring substituents is 2. The van der Waals surface area contributed by atoms with Gasteiger partial charge in [0.15, 0.2) is 11.0 Å². The van der Waals surface area contributed by atoms with Crippen molar-refractivity contribution in [3.05, 3.63) is 104 Å². The Balaban J connectivity index is 1.70. The molecule has 10 nitrogen and oxygen atoms in total. The molecule has 3 aromatic carbocycles. The van der Waals surface area contributed by atoms with Gasteiger partial charge in [0.1, 0.15) is 5.75 Å². The summed E-state index contributed by atoms with van der Waals surface area (Å²) in [4.78, 5) is 21.4. The zero-order valence-electron chi connectivity index (χ0n) is 18.0. The van der Waals surface area contributed by atoms with Gasteiger partial charge in [-0.25, -0.2) is 0 Å². The van der Waals surface area contributed by atoms with Crippen molar-refractivity contribution in [2.75, 3.05) is 7.11 Å². The van der Waals surface area contributed by atoms with Crippen molar-refractivity contribution in [2.45, 2.75) is 17.5 Å². The van der Waals surface area contributed by atoms with Crippen molar-refractivity contribution in [3.8, 4) is 17.1 Å². The smallest absolute Gasteiger partial charge is 0.276 e. The van der Waals surface area contributed by atoms with Crippen molar-refractivity contribution < 1.29 is 14.6 Å². The van der Waals surface area contributed by atoms with Gasteiger partial charge in [-0.05, 0) is 23.3 Å². The SMILES string of the molecule is COc1ccc(CSc2nnc(-c3ccccc3)n2Cc2cc([N+](=O)[O-])cc([N+](=O)[O-])c2)cc1. The fourth-order valence-corrected chi connectivity index (χ4v) is 4.24. The minimum atomic E-state index is -0.639. The van der Waals surface area contributed by atoms with Crippen LogP contribution in [0.15, 0.2) is 78.0 Å². The van der Waals surface area contributed by atoms with Crippen LogP contribution in [-0.4, -0.2) is 31.7 Å². The summed E-state index contributed by atoms with van der Waals surface area (Å²) in [5.41, 5.74) is 1.58. The largest absolute Gasteiger partial charge is 0.497 e. The van der Waals surface area contributed by atoms with Crippen molar-refractivity contribution in [3.63, 3.8) is 0 Å². The van der Waals surface area contributed by atoms with Crippen LogP contribution in [0.1, 0.15) is 11.1 Å². The third kappa shape index (κ3) is 5.21. The molecule has 0 saturated carbocycles. The lowest BCUT2D eigenvalue weighted by Gasteiger charge is -2.11. The lowest BCUT2D eigenvalue weighted by Crippen LogP contribution is -2.05. The van der Waals surface area contributed by atoms with E-state index in [1.165, 1.54) is 23.9 Å². The van der Waals surface area contributed by atoms with Crippen molar-refractivity contribution in [2.24, 2.45) is 0 Å².